The zero-order chi connectivity index (χ0) is 16.0. The van der Waals surface area contributed by atoms with E-state index in [9.17, 15) is 13.2 Å². The maximum Gasteiger partial charge on any atom is 0.229 e. The molecule has 1 aromatic carbocycles. The number of sulfonamides is 1. The third-order valence-corrected chi connectivity index (χ3v) is 4.58. The van der Waals surface area contributed by atoms with Gasteiger partial charge < -0.3 is 5.32 Å². The first-order valence-corrected chi connectivity index (χ1v) is 9.69. The zero-order valence-electron chi connectivity index (χ0n) is 13.0. The largest absolute Gasteiger partial charge is 0.326 e. The van der Waals surface area contributed by atoms with Gasteiger partial charge in [-0.25, -0.2) is 8.42 Å². The average Bonchev–Trinajstić information content (AvgIpc) is 2.47. The van der Waals surface area contributed by atoms with E-state index < -0.39 is 10.0 Å². The van der Waals surface area contributed by atoms with Gasteiger partial charge in [-0.2, -0.15) is 0 Å². The number of benzene rings is 1. The molecule has 1 aromatic rings. The number of carbonyl (C=O) groups excluding carboxylic acids is 1. The van der Waals surface area contributed by atoms with Gasteiger partial charge in [-0.1, -0.05) is 32.1 Å². The molecule has 0 unspecified atom stereocenters. The molecule has 0 radical (unpaired) electrons. The van der Waals surface area contributed by atoms with Gasteiger partial charge in [0, 0.05) is 17.8 Å². The van der Waals surface area contributed by atoms with Gasteiger partial charge in [-0.05, 0) is 36.6 Å². The summed E-state index contributed by atoms with van der Waals surface area (Å²) in [5.74, 6) is 0.718. The van der Waals surface area contributed by atoms with Crippen molar-refractivity contribution in [3.05, 3.63) is 24.3 Å². The van der Waals surface area contributed by atoms with Crippen molar-refractivity contribution in [3.8, 4) is 0 Å². The molecule has 0 atom stereocenters. The van der Waals surface area contributed by atoms with E-state index in [1.807, 2.05) is 0 Å². The lowest BCUT2D eigenvalue weighted by atomic mass is 9.86. The second-order valence-electron chi connectivity index (χ2n) is 6.04. The Labute approximate surface area is 132 Å². The lowest BCUT2D eigenvalue weighted by Crippen LogP contribution is -2.15. The van der Waals surface area contributed by atoms with E-state index >= 15 is 0 Å². The van der Waals surface area contributed by atoms with Crippen LogP contribution in [0.4, 0.5) is 11.4 Å². The van der Waals surface area contributed by atoms with E-state index in [0.717, 1.165) is 12.7 Å². The third kappa shape index (κ3) is 6.05. The number of nitrogens with one attached hydrogen (secondary N) is 2. The number of hydrogen-bond donors (Lipinski definition) is 2. The van der Waals surface area contributed by atoms with Crippen LogP contribution >= 0.6 is 0 Å². The van der Waals surface area contributed by atoms with Crippen LogP contribution in [0.2, 0.25) is 0 Å². The SMILES string of the molecule is CS(=O)(=O)Nc1ccc(NC(=O)CCC2CCCCC2)cc1. The van der Waals surface area contributed by atoms with Crippen molar-refractivity contribution in [2.24, 2.45) is 5.92 Å². The van der Waals surface area contributed by atoms with E-state index in [-0.39, 0.29) is 5.91 Å². The Morgan fingerprint density at radius 3 is 2.27 bits per heavy atom. The van der Waals surface area contributed by atoms with Crippen LogP contribution in [0, 0.1) is 5.92 Å². The lowest BCUT2D eigenvalue weighted by Gasteiger charge is -2.21. The molecule has 22 heavy (non-hydrogen) atoms. The third-order valence-electron chi connectivity index (χ3n) is 3.98. The van der Waals surface area contributed by atoms with Crippen molar-refractivity contribution >= 4 is 27.3 Å². The lowest BCUT2D eigenvalue weighted by molar-refractivity contribution is -0.116. The van der Waals surface area contributed by atoms with Gasteiger partial charge in [0.2, 0.25) is 15.9 Å². The number of amides is 1. The van der Waals surface area contributed by atoms with Gasteiger partial charge >= 0.3 is 0 Å². The number of rotatable bonds is 6. The Morgan fingerprint density at radius 1 is 1.09 bits per heavy atom. The second-order valence-corrected chi connectivity index (χ2v) is 7.79. The molecule has 2 N–H and O–H groups in total. The fourth-order valence-corrected chi connectivity index (χ4v) is 3.43. The van der Waals surface area contributed by atoms with Gasteiger partial charge in [0.05, 0.1) is 6.26 Å². The van der Waals surface area contributed by atoms with Crippen molar-refractivity contribution in [1.29, 1.82) is 0 Å². The highest BCUT2D eigenvalue weighted by Crippen LogP contribution is 2.27. The molecular weight excluding hydrogens is 300 g/mol. The minimum atomic E-state index is -3.27. The summed E-state index contributed by atoms with van der Waals surface area (Å²) in [6, 6.07) is 6.67. The molecule has 0 aliphatic heterocycles. The molecule has 0 saturated heterocycles. The molecule has 1 aliphatic rings. The minimum absolute atomic E-state index is 0.0226. The van der Waals surface area contributed by atoms with E-state index in [1.54, 1.807) is 24.3 Å². The molecule has 122 valence electrons. The van der Waals surface area contributed by atoms with Gasteiger partial charge in [0.25, 0.3) is 0 Å². The molecule has 1 amide bonds. The van der Waals surface area contributed by atoms with Crippen molar-refractivity contribution in [2.45, 2.75) is 44.9 Å². The van der Waals surface area contributed by atoms with Crippen molar-refractivity contribution in [3.63, 3.8) is 0 Å². The second kappa shape index (κ2) is 7.63. The van der Waals surface area contributed by atoms with E-state index in [1.165, 1.54) is 32.1 Å². The standard InChI is InChI=1S/C16H24N2O3S/c1-22(20,21)18-15-10-8-14(9-11-15)17-16(19)12-7-13-5-3-2-4-6-13/h8-11,13,18H,2-7,12H2,1H3,(H,17,19). The van der Waals surface area contributed by atoms with Crippen LogP contribution in [0.5, 0.6) is 0 Å². The highest BCUT2D eigenvalue weighted by Gasteiger charge is 2.14. The van der Waals surface area contributed by atoms with Crippen LogP contribution in [0.25, 0.3) is 0 Å². The van der Waals surface area contributed by atoms with E-state index in [4.69, 9.17) is 0 Å². The van der Waals surface area contributed by atoms with Crippen LogP contribution in [-0.4, -0.2) is 20.6 Å². The Hall–Kier alpha value is -1.56. The van der Waals surface area contributed by atoms with Crippen molar-refractivity contribution in [2.75, 3.05) is 16.3 Å². The predicted octanol–water partition coefficient (Wildman–Crippen LogP) is 3.36. The van der Waals surface area contributed by atoms with Gasteiger partial charge in [0.15, 0.2) is 0 Å². The first-order valence-electron chi connectivity index (χ1n) is 7.80. The zero-order valence-corrected chi connectivity index (χ0v) is 13.8. The maximum absolute atomic E-state index is 11.9. The van der Waals surface area contributed by atoms with Crippen molar-refractivity contribution < 1.29 is 13.2 Å². The summed E-state index contributed by atoms with van der Waals surface area (Å²) in [6.07, 6.45) is 9.03. The van der Waals surface area contributed by atoms with Crippen LogP contribution in [0.1, 0.15) is 44.9 Å². The normalized spacial score (nSPS) is 16.2. The monoisotopic (exact) mass is 324 g/mol. The van der Waals surface area contributed by atoms with Gasteiger partial charge in [-0.15, -0.1) is 0 Å². The Morgan fingerprint density at radius 2 is 1.68 bits per heavy atom. The van der Waals surface area contributed by atoms with E-state index in [2.05, 4.69) is 10.0 Å². The molecule has 0 aromatic heterocycles. The molecule has 6 heteroatoms. The quantitative estimate of drug-likeness (QED) is 0.842. The Bertz CT molecular complexity index is 590. The number of hydrogen-bond acceptors (Lipinski definition) is 3. The molecule has 0 bridgehead atoms. The van der Waals surface area contributed by atoms with Crippen LogP contribution in [0.15, 0.2) is 24.3 Å². The van der Waals surface area contributed by atoms with Crippen molar-refractivity contribution in [1.82, 2.24) is 0 Å². The Balaban J connectivity index is 1.78. The molecule has 2 rings (SSSR count). The molecule has 1 saturated carbocycles. The molecule has 0 spiro atoms. The molecule has 0 heterocycles. The first kappa shape index (κ1) is 16.8. The smallest absolute Gasteiger partial charge is 0.229 e. The first-order chi connectivity index (χ1) is 10.4. The Kier molecular flexibility index (Phi) is 5.83. The van der Waals surface area contributed by atoms with Crippen LogP contribution < -0.4 is 10.0 Å². The fourth-order valence-electron chi connectivity index (χ4n) is 2.87. The molecular formula is C16H24N2O3S. The number of carbonyl (C=O) groups is 1. The molecule has 5 nitrogen and oxygen atoms in total. The van der Waals surface area contributed by atoms with Gasteiger partial charge in [-0.3, -0.25) is 9.52 Å². The molecule has 1 aliphatic carbocycles. The summed E-state index contributed by atoms with van der Waals surface area (Å²) in [5, 5.41) is 2.86. The molecule has 1 fully saturated rings. The van der Waals surface area contributed by atoms with Crippen LogP contribution in [0.3, 0.4) is 0 Å². The summed E-state index contributed by atoms with van der Waals surface area (Å²) in [7, 11) is -3.27. The number of anilines is 2. The predicted molar refractivity (Wildman–Crippen MR) is 89.3 cm³/mol. The fraction of sp³-hybridized carbons (Fsp3) is 0.562. The highest BCUT2D eigenvalue weighted by molar-refractivity contribution is 7.92. The maximum atomic E-state index is 11.9. The highest BCUT2D eigenvalue weighted by atomic mass is 32.2. The minimum Gasteiger partial charge on any atom is -0.326 e. The summed E-state index contributed by atoms with van der Waals surface area (Å²) in [4.78, 5) is 11.9. The van der Waals surface area contributed by atoms with Gasteiger partial charge in [0.1, 0.15) is 0 Å². The average molecular weight is 324 g/mol. The summed E-state index contributed by atoms with van der Waals surface area (Å²) < 4.78 is 24.6. The van der Waals surface area contributed by atoms with E-state index in [0.29, 0.717) is 23.7 Å². The summed E-state index contributed by atoms with van der Waals surface area (Å²) >= 11 is 0. The topological polar surface area (TPSA) is 75.3 Å². The van der Waals surface area contributed by atoms with Crippen LogP contribution in [-0.2, 0) is 14.8 Å². The summed E-state index contributed by atoms with van der Waals surface area (Å²) in [6.45, 7) is 0. The summed E-state index contributed by atoms with van der Waals surface area (Å²) in [5.41, 5.74) is 1.18.